The van der Waals surface area contributed by atoms with Gasteiger partial charge in [-0.3, -0.25) is 0 Å². The molecular weight excluding hydrogens is 308 g/mol. The summed E-state index contributed by atoms with van der Waals surface area (Å²) in [6.45, 7) is 0. The van der Waals surface area contributed by atoms with Crippen LogP contribution in [0.25, 0.3) is 0 Å². The molecule has 0 bridgehead atoms. The maximum Gasteiger partial charge on any atom is 0.133 e. The summed E-state index contributed by atoms with van der Waals surface area (Å²) < 4.78 is 4.92. The Morgan fingerprint density at radius 3 is 3.19 bits per heavy atom. The summed E-state index contributed by atoms with van der Waals surface area (Å²) in [5, 5.41) is 9.13. The zero-order valence-electron chi connectivity index (χ0n) is 8.48. The Labute approximate surface area is 110 Å². The molecule has 0 aromatic carbocycles. The van der Waals surface area contributed by atoms with Gasteiger partial charge in [0.25, 0.3) is 0 Å². The van der Waals surface area contributed by atoms with Crippen LogP contribution in [-0.4, -0.2) is 21.6 Å². The minimum Gasteiger partial charge on any atom is -0.377 e. The van der Waals surface area contributed by atoms with Crippen molar-refractivity contribution in [3.8, 4) is 0 Å². The number of nitrogens with zero attached hydrogens (tertiary/aromatic N) is 3. The van der Waals surface area contributed by atoms with Crippen LogP contribution in [0.4, 0.5) is 5.00 Å². The quantitative estimate of drug-likeness (QED) is 0.879. The summed E-state index contributed by atoms with van der Waals surface area (Å²) in [5.41, 5.74) is 0.968. The Bertz CT molecular complexity index is 474. The molecule has 0 fully saturated rings. The fraction of sp³-hybridized carbons (Fsp3) is 0.222. The average Bonchev–Trinajstić information content (AvgIpc) is 2.75. The van der Waals surface area contributed by atoms with Crippen molar-refractivity contribution < 1.29 is 0 Å². The Kier molecular flexibility index (Phi) is 4.14. The number of nitrogens with one attached hydrogen (secondary N) is 1. The third kappa shape index (κ3) is 2.72. The van der Waals surface area contributed by atoms with E-state index in [1.165, 1.54) is 11.5 Å². The fourth-order valence-electron chi connectivity index (χ4n) is 1.11. The predicted octanol–water partition coefficient (Wildman–Crippen LogP) is 3.03. The van der Waals surface area contributed by atoms with Gasteiger partial charge in [0, 0.05) is 35.0 Å². The molecule has 0 aliphatic rings. The topological polar surface area (TPSA) is 50.7 Å². The number of halogens is 1. The first kappa shape index (κ1) is 11.8. The first-order valence-electron chi connectivity index (χ1n) is 4.53. The molecule has 1 N–H and O–H groups in total. The minimum absolute atomic E-state index is 0.766. The van der Waals surface area contributed by atoms with Crippen LogP contribution < -0.4 is 5.32 Å². The van der Waals surface area contributed by atoms with Gasteiger partial charge in [-0.15, -0.1) is 5.10 Å². The van der Waals surface area contributed by atoms with Crippen molar-refractivity contribution in [3.63, 3.8) is 0 Å². The first-order chi connectivity index (χ1) is 7.81. The second-order valence-electron chi connectivity index (χ2n) is 2.88. The van der Waals surface area contributed by atoms with Gasteiger partial charge in [-0.1, -0.05) is 16.3 Å². The zero-order valence-corrected chi connectivity index (χ0v) is 11.7. The molecule has 2 aromatic heterocycles. The Balaban J connectivity index is 2.05. The average molecular weight is 317 g/mol. The molecule has 0 radical (unpaired) electrons. The Morgan fingerprint density at radius 2 is 2.44 bits per heavy atom. The molecule has 16 heavy (non-hydrogen) atoms. The van der Waals surface area contributed by atoms with Crippen LogP contribution in [0.5, 0.6) is 0 Å². The maximum absolute atomic E-state index is 4.28. The van der Waals surface area contributed by atoms with Crippen molar-refractivity contribution in [2.75, 3.05) is 12.4 Å². The van der Waals surface area contributed by atoms with E-state index < -0.39 is 0 Å². The summed E-state index contributed by atoms with van der Waals surface area (Å²) in [4.78, 5) is 4.28. The molecule has 0 aliphatic heterocycles. The number of rotatable bonds is 4. The van der Waals surface area contributed by atoms with Crippen molar-refractivity contribution in [1.82, 2.24) is 14.6 Å². The van der Waals surface area contributed by atoms with Gasteiger partial charge in [0.2, 0.25) is 0 Å². The molecule has 2 heterocycles. The number of pyridine rings is 1. The SMILES string of the molecule is CNc1snnc1CSc1ncccc1Br. The molecule has 4 nitrogen and oxygen atoms in total. The highest BCUT2D eigenvalue weighted by Gasteiger charge is 2.08. The van der Waals surface area contributed by atoms with Crippen molar-refractivity contribution in [2.45, 2.75) is 10.8 Å². The van der Waals surface area contributed by atoms with E-state index >= 15 is 0 Å². The number of hydrogen-bond acceptors (Lipinski definition) is 6. The second-order valence-corrected chi connectivity index (χ2v) is 5.45. The normalized spacial score (nSPS) is 10.4. The third-order valence-electron chi connectivity index (χ3n) is 1.85. The molecule has 0 atom stereocenters. The van der Waals surface area contributed by atoms with Crippen LogP contribution >= 0.6 is 39.2 Å². The molecular formula is C9H9BrN4S2. The number of aromatic nitrogens is 3. The van der Waals surface area contributed by atoms with E-state index in [0.717, 1.165) is 25.9 Å². The molecule has 0 saturated carbocycles. The highest BCUT2D eigenvalue weighted by Crippen LogP contribution is 2.29. The molecule has 84 valence electrons. The molecule has 2 rings (SSSR count). The van der Waals surface area contributed by atoms with Gasteiger partial charge in [0.1, 0.15) is 15.7 Å². The van der Waals surface area contributed by atoms with Crippen LogP contribution in [0, 0.1) is 0 Å². The predicted molar refractivity (Wildman–Crippen MR) is 71.0 cm³/mol. The fourth-order valence-corrected chi connectivity index (χ4v) is 3.14. The highest BCUT2D eigenvalue weighted by molar-refractivity contribution is 9.10. The van der Waals surface area contributed by atoms with E-state index in [4.69, 9.17) is 0 Å². The highest BCUT2D eigenvalue weighted by atomic mass is 79.9. The number of hydrogen-bond donors (Lipinski definition) is 1. The molecule has 0 unspecified atom stereocenters. The zero-order chi connectivity index (χ0) is 11.4. The van der Waals surface area contributed by atoms with Gasteiger partial charge >= 0.3 is 0 Å². The summed E-state index contributed by atoms with van der Waals surface area (Å²) in [7, 11) is 1.88. The molecule has 0 aliphatic carbocycles. The Hall–Kier alpha value is -0.660. The van der Waals surface area contributed by atoms with Crippen LogP contribution in [0.3, 0.4) is 0 Å². The van der Waals surface area contributed by atoms with Gasteiger partial charge in [0.15, 0.2) is 0 Å². The summed E-state index contributed by atoms with van der Waals surface area (Å²) in [6, 6.07) is 3.88. The lowest BCUT2D eigenvalue weighted by Crippen LogP contribution is -1.91. The third-order valence-corrected chi connectivity index (χ3v) is 4.56. The van der Waals surface area contributed by atoms with Crippen LogP contribution in [0.2, 0.25) is 0 Å². The van der Waals surface area contributed by atoms with Crippen molar-refractivity contribution in [2.24, 2.45) is 0 Å². The molecule has 0 spiro atoms. The van der Waals surface area contributed by atoms with Gasteiger partial charge in [-0.05, 0) is 28.1 Å². The molecule has 0 saturated heterocycles. The van der Waals surface area contributed by atoms with Gasteiger partial charge in [0.05, 0.1) is 0 Å². The Morgan fingerprint density at radius 1 is 1.56 bits per heavy atom. The monoisotopic (exact) mass is 316 g/mol. The van der Waals surface area contributed by atoms with Gasteiger partial charge in [-0.25, -0.2) is 4.98 Å². The van der Waals surface area contributed by atoms with Crippen molar-refractivity contribution in [1.29, 1.82) is 0 Å². The van der Waals surface area contributed by atoms with E-state index in [9.17, 15) is 0 Å². The van der Waals surface area contributed by atoms with Crippen LogP contribution in [0.1, 0.15) is 5.69 Å². The smallest absolute Gasteiger partial charge is 0.133 e. The lowest BCUT2D eigenvalue weighted by molar-refractivity contribution is 1.06. The molecule has 7 heteroatoms. The van der Waals surface area contributed by atoms with E-state index in [1.54, 1.807) is 18.0 Å². The summed E-state index contributed by atoms with van der Waals surface area (Å²) in [5.74, 6) is 0.766. The van der Waals surface area contributed by atoms with Crippen LogP contribution in [0.15, 0.2) is 27.8 Å². The van der Waals surface area contributed by atoms with Gasteiger partial charge < -0.3 is 5.32 Å². The largest absolute Gasteiger partial charge is 0.377 e. The lowest BCUT2D eigenvalue weighted by Gasteiger charge is -2.02. The maximum atomic E-state index is 4.28. The minimum atomic E-state index is 0.766. The molecule has 0 amide bonds. The van der Waals surface area contributed by atoms with E-state index in [0.29, 0.717) is 0 Å². The van der Waals surface area contributed by atoms with E-state index in [1.807, 2.05) is 19.2 Å². The van der Waals surface area contributed by atoms with Crippen molar-refractivity contribution >= 4 is 44.2 Å². The number of anilines is 1. The first-order valence-corrected chi connectivity index (χ1v) is 7.08. The summed E-state index contributed by atoms with van der Waals surface area (Å²) >= 11 is 6.48. The second kappa shape index (κ2) is 5.60. The molecule has 2 aromatic rings. The van der Waals surface area contributed by atoms with Crippen molar-refractivity contribution in [3.05, 3.63) is 28.5 Å². The lowest BCUT2D eigenvalue weighted by atomic mass is 10.5. The van der Waals surface area contributed by atoms with Gasteiger partial charge in [-0.2, -0.15) is 0 Å². The number of thioether (sulfide) groups is 1. The van der Waals surface area contributed by atoms with E-state index in [-0.39, 0.29) is 0 Å². The van der Waals surface area contributed by atoms with Crippen LogP contribution in [-0.2, 0) is 5.75 Å². The summed E-state index contributed by atoms with van der Waals surface area (Å²) in [6.07, 6.45) is 1.78. The van der Waals surface area contributed by atoms with E-state index in [2.05, 4.69) is 35.8 Å². The standard InChI is InChI=1S/C9H9BrN4S2/c1-11-9-7(13-14-16-9)5-15-8-6(10)3-2-4-12-8/h2-4,11H,5H2,1H3.